The summed E-state index contributed by atoms with van der Waals surface area (Å²) in [6.45, 7) is 2.10. The van der Waals surface area contributed by atoms with Gasteiger partial charge in [0.25, 0.3) is 0 Å². The van der Waals surface area contributed by atoms with Crippen LogP contribution in [0.5, 0.6) is 0 Å². The minimum Gasteiger partial charge on any atom is -0.313 e. The van der Waals surface area contributed by atoms with Crippen molar-refractivity contribution in [2.45, 2.75) is 13.0 Å². The minimum atomic E-state index is 0.281. The summed E-state index contributed by atoms with van der Waals surface area (Å²) in [5.74, 6) is 0.402. The molecule has 4 heteroatoms. The van der Waals surface area contributed by atoms with Gasteiger partial charge in [-0.1, -0.05) is 12.1 Å². The summed E-state index contributed by atoms with van der Waals surface area (Å²) in [5, 5.41) is 12.1. The van der Waals surface area contributed by atoms with Crippen LogP contribution in [0.4, 0.5) is 0 Å². The van der Waals surface area contributed by atoms with Gasteiger partial charge < -0.3 is 5.32 Å². The van der Waals surface area contributed by atoms with Gasteiger partial charge in [-0.05, 0) is 31.7 Å². The normalized spacial score (nSPS) is 12.1. The zero-order valence-corrected chi connectivity index (χ0v) is 9.88. The van der Waals surface area contributed by atoms with Crippen molar-refractivity contribution in [2.75, 3.05) is 7.05 Å². The molecule has 0 aliphatic heterocycles. The highest BCUT2D eigenvalue weighted by Gasteiger charge is 2.07. The molecule has 0 bridgehead atoms. The van der Waals surface area contributed by atoms with Gasteiger partial charge in [0.15, 0.2) is 0 Å². The number of imidazole rings is 1. The molecule has 2 aromatic rings. The average Bonchev–Trinajstić information content (AvgIpc) is 2.86. The first-order chi connectivity index (χ1) is 8.26. The highest BCUT2D eigenvalue weighted by molar-refractivity contribution is 5.39. The fraction of sp³-hybridized carbons (Fsp3) is 0.231. The molecule has 0 saturated heterocycles. The Morgan fingerprint density at radius 1 is 1.47 bits per heavy atom. The van der Waals surface area contributed by atoms with E-state index in [9.17, 15) is 0 Å². The third-order valence-electron chi connectivity index (χ3n) is 2.82. The second kappa shape index (κ2) is 4.81. The average molecular weight is 226 g/mol. The number of hydrogen-bond acceptors (Lipinski definition) is 3. The number of hydrogen-bond donors (Lipinski definition) is 1. The third kappa shape index (κ3) is 2.19. The Bertz CT molecular complexity index is 551. The number of benzene rings is 1. The molecule has 2 rings (SSSR count). The molecule has 0 radical (unpaired) electrons. The van der Waals surface area contributed by atoms with Crippen molar-refractivity contribution >= 4 is 0 Å². The molecule has 0 amide bonds. The summed E-state index contributed by atoms with van der Waals surface area (Å²) < 4.78 is 1.78. The van der Waals surface area contributed by atoms with Crippen LogP contribution >= 0.6 is 0 Å². The van der Waals surface area contributed by atoms with Gasteiger partial charge in [0.2, 0.25) is 5.82 Å². The summed E-state index contributed by atoms with van der Waals surface area (Å²) in [7, 11) is 1.93. The van der Waals surface area contributed by atoms with E-state index in [1.54, 1.807) is 17.0 Å². The SMILES string of the molecule is CNC(C)c1cccc(-n2ccnc2C#N)c1. The Kier molecular flexibility index (Phi) is 3.22. The summed E-state index contributed by atoms with van der Waals surface area (Å²) in [6, 6.07) is 10.4. The van der Waals surface area contributed by atoms with Gasteiger partial charge in [0, 0.05) is 24.1 Å². The quantitative estimate of drug-likeness (QED) is 0.871. The Hall–Kier alpha value is -2.12. The van der Waals surface area contributed by atoms with E-state index in [-0.39, 0.29) is 6.04 Å². The van der Waals surface area contributed by atoms with Gasteiger partial charge in [-0.3, -0.25) is 4.57 Å². The second-order valence-electron chi connectivity index (χ2n) is 3.84. The van der Waals surface area contributed by atoms with E-state index in [0.717, 1.165) is 5.69 Å². The Balaban J connectivity index is 2.44. The molecule has 0 saturated carbocycles. The molecule has 0 spiro atoms. The fourth-order valence-corrected chi connectivity index (χ4v) is 1.71. The molecule has 1 atom stereocenters. The molecular formula is C13H14N4. The van der Waals surface area contributed by atoms with Gasteiger partial charge in [-0.2, -0.15) is 5.26 Å². The lowest BCUT2D eigenvalue weighted by molar-refractivity contribution is 0.652. The number of rotatable bonds is 3. The lowest BCUT2D eigenvalue weighted by Gasteiger charge is -2.12. The molecule has 0 aliphatic rings. The van der Waals surface area contributed by atoms with E-state index in [0.29, 0.717) is 5.82 Å². The second-order valence-corrected chi connectivity index (χ2v) is 3.84. The van der Waals surface area contributed by atoms with Crippen LogP contribution in [0.25, 0.3) is 5.69 Å². The first kappa shape index (κ1) is 11.4. The van der Waals surface area contributed by atoms with E-state index >= 15 is 0 Å². The van der Waals surface area contributed by atoms with Crippen molar-refractivity contribution < 1.29 is 0 Å². The standard InChI is InChI=1S/C13H14N4/c1-10(15-2)11-4-3-5-12(8-11)17-7-6-16-13(17)9-14/h3-8,10,15H,1-2H3. The minimum absolute atomic E-state index is 0.281. The van der Waals surface area contributed by atoms with Crippen LogP contribution in [0.2, 0.25) is 0 Å². The van der Waals surface area contributed by atoms with Gasteiger partial charge in [-0.15, -0.1) is 0 Å². The van der Waals surface area contributed by atoms with Crippen LogP contribution in [-0.2, 0) is 0 Å². The summed E-state index contributed by atoms with van der Waals surface area (Å²) in [5.41, 5.74) is 2.14. The monoisotopic (exact) mass is 226 g/mol. The van der Waals surface area contributed by atoms with E-state index in [2.05, 4.69) is 35.4 Å². The first-order valence-electron chi connectivity index (χ1n) is 5.47. The van der Waals surface area contributed by atoms with Crippen LogP contribution < -0.4 is 5.32 Å². The van der Waals surface area contributed by atoms with E-state index in [1.165, 1.54) is 5.56 Å². The highest BCUT2D eigenvalue weighted by Crippen LogP contribution is 2.17. The zero-order chi connectivity index (χ0) is 12.3. The van der Waals surface area contributed by atoms with Crippen LogP contribution in [0.1, 0.15) is 24.4 Å². The lowest BCUT2D eigenvalue weighted by atomic mass is 10.1. The molecule has 0 aliphatic carbocycles. The Labute approximate surface area is 101 Å². The van der Waals surface area contributed by atoms with Gasteiger partial charge >= 0.3 is 0 Å². The number of aromatic nitrogens is 2. The van der Waals surface area contributed by atoms with Crippen molar-refractivity contribution in [1.82, 2.24) is 14.9 Å². The number of nitrogens with zero attached hydrogens (tertiary/aromatic N) is 3. The third-order valence-corrected chi connectivity index (χ3v) is 2.82. The van der Waals surface area contributed by atoms with Gasteiger partial charge in [0.05, 0.1) is 0 Å². The van der Waals surface area contributed by atoms with Crippen LogP contribution in [-0.4, -0.2) is 16.6 Å². The van der Waals surface area contributed by atoms with E-state index in [4.69, 9.17) is 5.26 Å². The topological polar surface area (TPSA) is 53.6 Å². The summed E-state index contributed by atoms with van der Waals surface area (Å²) in [4.78, 5) is 3.99. The van der Waals surface area contributed by atoms with Crippen LogP contribution in [0, 0.1) is 11.3 Å². The largest absolute Gasteiger partial charge is 0.313 e. The molecule has 0 fully saturated rings. The molecule has 1 N–H and O–H groups in total. The van der Waals surface area contributed by atoms with Crippen molar-refractivity contribution in [1.29, 1.82) is 5.26 Å². The fourth-order valence-electron chi connectivity index (χ4n) is 1.71. The molecule has 1 heterocycles. The smallest absolute Gasteiger partial charge is 0.217 e. The van der Waals surface area contributed by atoms with Crippen molar-refractivity contribution in [2.24, 2.45) is 0 Å². The lowest BCUT2D eigenvalue weighted by Crippen LogP contribution is -2.12. The molecule has 17 heavy (non-hydrogen) atoms. The predicted molar refractivity (Wildman–Crippen MR) is 65.8 cm³/mol. The summed E-state index contributed by atoms with van der Waals surface area (Å²) in [6.07, 6.45) is 3.43. The van der Waals surface area contributed by atoms with Crippen LogP contribution in [0.15, 0.2) is 36.7 Å². The Morgan fingerprint density at radius 3 is 3.00 bits per heavy atom. The predicted octanol–water partition coefficient (Wildman–Crippen LogP) is 2.02. The van der Waals surface area contributed by atoms with Crippen molar-refractivity contribution in [3.63, 3.8) is 0 Å². The molecular weight excluding hydrogens is 212 g/mol. The molecule has 1 aromatic heterocycles. The van der Waals surface area contributed by atoms with E-state index in [1.807, 2.05) is 19.2 Å². The maximum atomic E-state index is 8.95. The molecule has 4 nitrogen and oxygen atoms in total. The zero-order valence-electron chi connectivity index (χ0n) is 9.88. The molecule has 1 aromatic carbocycles. The Morgan fingerprint density at radius 2 is 2.29 bits per heavy atom. The van der Waals surface area contributed by atoms with Gasteiger partial charge in [-0.25, -0.2) is 4.98 Å². The van der Waals surface area contributed by atoms with E-state index < -0.39 is 0 Å². The first-order valence-corrected chi connectivity index (χ1v) is 5.47. The van der Waals surface area contributed by atoms with Crippen molar-refractivity contribution in [3.05, 3.63) is 48.0 Å². The van der Waals surface area contributed by atoms with Crippen molar-refractivity contribution in [3.8, 4) is 11.8 Å². The number of nitriles is 1. The maximum absolute atomic E-state index is 8.95. The number of nitrogens with one attached hydrogen (secondary N) is 1. The summed E-state index contributed by atoms with van der Waals surface area (Å²) >= 11 is 0. The maximum Gasteiger partial charge on any atom is 0.217 e. The molecule has 86 valence electrons. The van der Waals surface area contributed by atoms with Crippen LogP contribution in [0.3, 0.4) is 0 Å². The van der Waals surface area contributed by atoms with Gasteiger partial charge in [0.1, 0.15) is 6.07 Å². The highest BCUT2D eigenvalue weighted by atomic mass is 15.1. The molecule has 1 unspecified atom stereocenters.